The zero-order valence-electron chi connectivity index (χ0n) is 13.9. The Morgan fingerprint density at radius 3 is 1.96 bits per heavy atom. The standard InChI is InChI=1S/C18H20O5S/c1-21-16-8-5-4-7-14(16)11-12-24(19,20)13-15-17(22-2)9-6-10-18(15)23-3/h4-12H,13H2,1-3H3/b12-11+. The normalized spacial score (nSPS) is 11.5. The van der Waals surface area contributed by atoms with Crippen LogP contribution in [0.5, 0.6) is 17.2 Å². The smallest absolute Gasteiger partial charge is 0.176 e. The van der Waals surface area contributed by atoms with Crippen molar-refractivity contribution >= 4 is 15.9 Å². The minimum absolute atomic E-state index is 0.216. The molecule has 0 aliphatic carbocycles. The third kappa shape index (κ3) is 4.29. The van der Waals surface area contributed by atoms with E-state index in [0.29, 0.717) is 28.4 Å². The Balaban J connectivity index is 2.31. The molecule has 2 aromatic rings. The molecule has 2 aromatic carbocycles. The maximum atomic E-state index is 12.5. The van der Waals surface area contributed by atoms with E-state index in [1.165, 1.54) is 25.7 Å². The second-order valence-electron chi connectivity index (χ2n) is 4.99. The number of hydrogen-bond acceptors (Lipinski definition) is 5. The molecule has 0 fully saturated rings. The van der Waals surface area contributed by atoms with Crippen LogP contribution in [0.1, 0.15) is 11.1 Å². The third-order valence-corrected chi connectivity index (χ3v) is 4.71. The molecule has 0 aliphatic rings. The summed E-state index contributed by atoms with van der Waals surface area (Å²) in [6.45, 7) is 0. The van der Waals surface area contributed by atoms with E-state index in [9.17, 15) is 8.42 Å². The Kier molecular flexibility index (Phi) is 5.87. The van der Waals surface area contributed by atoms with Gasteiger partial charge in [-0.2, -0.15) is 0 Å². The van der Waals surface area contributed by atoms with Crippen molar-refractivity contribution in [2.24, 2.45) is 0 Å². The molecule has 6 heteroatoms. The van der Waals surface area contributed by atoms with Gasteiger partial charge in [0.1, 0.15) is 17.2 Å². The van der Waals surface area contributed by atoms with Crippen molar-refractivity contribution in [2.75, 3.05) is 21.3 Å². The van der Waals surface area contributed by atoms with Gasteiger partial charge in [0.15, 0.2) is 9.84 Å². The molecule has 0 amide bonds. The van der Waals surface area contributed by atoms with Gasteiger partial charge in [-0.1, -0.05) is 24.3 Å². The highest BCUT2D eigenvalue weighted by molar-refractivity contribution is 7.93. The van der Waals surface area contributed by atoms with E-state index >= 15 is 0 Å². The average Bonchev–Trinajstić information content (AvgIpc) is 2.60. The first-order valence-corrected chi connectivity index (χ1v) is 8.96. The van der Waals surface area contributed by atoms with Gasteiger partial charge in [-0.3, -0.25) is 0 Å². The summed E-state index contributed by atoms with van der Waals surface area (Å²) in [7, 11) is 1.01. The third-order valence-electron chi connectivity index (χ3n) is 3.47. The molecule has 0 unspecified atom stereocenters. The van der Waals surface area contributed by atoms with Crippen LogP contribution in [0.4, 0.5) is 0 Å². The molecule has 0 saturated carbocycles. The van der Waals surface area contributed by atoms with Crippen LogP contribution in [-0.4, -0.2) is 29.7 Å². The number of para-hydroxylation sites is 1. The lowest BCUT2D eigenvalue weighted by Crippen LogP contribution is -2.04. The number of hydrogen-bond donors (Lipinski definition) is 0. The quantitative estimate of drug-likeness (QED) is 0.768. The SMILES string of the molecule is COc1ccccc1/C=C/S(=O)(=O)Cc1c(OC)cccc1OC. The van der Waals surface area contributed by atoms with E-state index in [2.05, 4.69) is 0 Å². The van der Waals surface area contributed by atoms with Crippen molar-refractivity contribution in [3.63, 3.8) is 0 Å². The molecule has 2 rings (SSSR count). The zero-order valence-corrected chi connectivity index (χ0v) is 14.7. The Morgan fingerprint density at radius 1 is 0.833 bits per heavy atom. The zero-order chi connectivity index (χ0) is 17.6. The van der Waals surface area contributed by atoms with Crippen LogP contribution in [-0.2, 0) is 15.6 Å². The van der Waals surface area contributed by atoms with Crippen LogP contribution in [0, 0.1) is 0 Å². The Labute approximate surface area is 142 Å². The monoisotopic (exact) mass is 348 g/mol. The van der Waals surface area contributed by atoms with Gasteiger partial charge in [0, 0.05) is 11.0 Å². The molecule has 0 bridgehead atoms. The maximum Gasteiger partial charge on any atom is 0.176 e. The highest BCUT2D eigenvalue weighted by atomic mass is 32.2. The van der Waals surface area contributed by atoms with Crippen molar-refractivity contribution in [2.45, 2.75) is 5.75 Å². The molecule has 24 heavy (non-hydrogen) atoms. The summed E-state index contributed by atoms with van der Waals surface area (Å²) < 4.78 is 40.6. The van der Waals surface area contributed by atoms with E-state index in [1.807, 2.05) is 12.1 Å². The molecule has 5 nitrogen and oxygen atoms in total. The van der Waals surface area contributed by atoms with Gasteiger partial charge >= 0.3 is 0 Å². The van der Waals surface area contributed by atoms with Crippen LogP contribution >= 0.6 is 0 Å². The number of ether oxygens (including phenoxy) is 3. The number of sulfone groups is 1. The van der Waals surface area contributed by atoms with E-state index in [4.69, 9.17) is 14.2 Å². The molecule has 0 N–H and O–H groups in total. The lowest BCUT2D eigenvalue weighted by molar-refractivity contribution is 0.387. The lowest BCUT2D eigenvalue weighted by Gasteiger charge is -2.12. The number of methoxy groups -OCH3 is 3. The van der Waals surface area contributed by atoms with Crippen LogP contribution in [0.25, 0.3) is 6.08 Å². The van der Waals surface area contributed by atoms with E-state index in [-0.39, 0.29) is 5.75 Å². The summed E-state index contributed by atoms with van der Waals surface area (Å²) in [6, 6.07) is 12.4. The first-order chi connectivity index (χ1) is 11.5. The number of rotatable bonds is 7. The van der Waals surface area contributed by atoms with Crippen molar-refractivity contribution in [3.05, 3.63) is 59.0 Å². The molecule has 0 radical (unpaired) electrons. The second-order valence-corrected chi connectivity index (χ2v) is 6.88. The van der Waals surface area contributed by atoms with E-state index in [0.717, 1.165) is 0 Å². The van der Waals surface area contributed by atoms with Crippen molar-refractivity contribution in [1.82, 2.24) is 0 Å². The van der Waals surface area contributed by atoms with Crippen LogP contribution in [0.15, 0.2) is 47.9 Å². The van der Waals surface area contributed by atoms with E-state index in [1.54, 1.807) is 37.4 Å². The first kappa shape index (κ1) is 17.9. The van der Waals surface area contributed by atoms with Gasteiger partial charge in [-0.15, -0.1) is 0 Å². The van der Waals surface area contributed by atoms with Crippen LogP contribution < -0.4 is 14.2 Å². The summed E-state index contributed by atoms with van der Waals surface area (Å²) in [5.41, 5.74) is 1.18. The second kappa shape index (κ2) is 7.88. The first-order valence-electron chi connectivity index (χ1n) is 7.24. The molecule has 0 aliphatic heterocycles. The topological polar surface area (TPSA) is 61.8 Å². The molecular weight excluding hydrogens is 328 g/mol. The highest BCUT2D eigenvalue weighted by Crippen LogP contribution is 2.30. The van der Waals surface area contributed by atoms with Crippen molar-refractivity contribution in [1.29, 1.82) is 0 Å². The number of benzene rings is 2. The van der Waals surface area contributed by atoms with Gasteiger partial charge in [-0.05, 0) is 24.3 Å². The van der Waals surface area contributed by atoms with Gasteiger partial charge in [0.25, 0.3) is 0 Å². The van der Waals surface area contributed by atoms with Gasteiger partial charge in [-0.25, -0.2) is 8.42 Å². The Morgan fingerprint density at radius 2 is 1.38 bits per heavy atom. The molecule has 0 aromatic heterocycles. The lowest BCUT2D eigenvalue weighted by atomic mass is 10.2. The van der Waals surface area contributed by atoms with Crippen LogP contribution in [0.2, 0.25) is 0 Å². The van der Waals surface area contributed by atoms with Gasteiger partial charge < -0.3 is 14.2 Å². The maximum absolute atomic E-state index is 12.5. The van der Waals surface area contributed by atoms with Gasteiger partial charge in [0.2, 0.25) is 0 Å². The molecule has 0 saturated heterocycles. The summed E-state index contributed by atoms with van der Waals surface area (Å²) >= 11 is 0. The summed E-state index contributed by atoms with van der Waals surface area (Å²) in [5, 5.41) is 1.18. The highest BCUT2D eigenvalue weighted by Gasteiger charge is 2.17. The summed E-state index contributed by atoms with van der Waals surface area (Å²) in [5.74, 6) is 1.34. The van der Waals surface area contributed by atoms with Crippen LogP contribution in [0.3, 0.4) is 0 Å². The average molecular weight is 348 g/mol. The van der Waals surface area contributed by atoms with E-state index < -0.39 is 9.84 Å². The summed E-state index contributed by atoms with van der Waals surface area (Å²) in [6.07, 6.45) is 1.52. The predicted octanol–water partition coefficient (Wildman–Crippen LogP) is 3.30. The molecular formula is C18H20O5S. The molecule has 0 heterocycles. The molecule has 0 atom stereocenters. The minimum atomic E-state index is -3.52. The fourth-order valence-electron chi connectivity index (χ4n) is 2.30. The van der Waals surface area contributed by atoms with Crippen molar-refractivity contribution < 1.29 is 22.6 Å². The largest absolute Gasteiger partial charge is 0.496 e. The van der Waals surface area contributed by atoms with Gasteiger partial charge in [0.05, 0.1) is 32.6 Å². The molecule has 0 spiro atoms. The Hall–Kier alpha value is -2.47. The summed E-state index contributed by atoms with van der Waals surface area (Å²) in [4.78, 5) is 0. The fourth-order valence-corrected chi connectivity index (χ4v) is 3.44. The predicted molar refractivity (Wildman–Crippen MR) is 94.2 cm³/mol. The van der Waals surface area contributed by atoms with Crippen molar-refractivity contribution in [3.8, 4) is 17.2 Å². The Bertz CT molecular complexity index is 803. The fraction of sp³-hybridized carbons (Fsp3) is 0.222. The minimum Gasteiger partial charge on any atom is -0.496 e. The molecule has 128 valence electrons.